The second kappa shape index (κ2) is 9.45. The van der Waals surface area contributed by atoms with Gasteiger partial charge in [-0.15, -0.1) is 0 Å². The molecular formula is C21H33N4O4S+. The van der Waals surface area contributed by atoms with Gasteiger partial charge in [-0.3, -0.25) is 4.79 Å². The highest BCUT2D eigenvalue weighted by molar-refractivity contribution is 7.94. The highest BCUT2D eigenvalue weighted by Gasteiger charge is 2.35. The Morgan fingerprint density at radius 2 is 1.77 bits per heavy atom. The molecule has 1 atom stereocenters. The van der Waals surface area contributed by atoms with Crippen LogP contribution in [0.3, 0.4) is 0 Å². The van der Waals surface area contributed by atoms with Gasteiger partial charge in [-0.1, -0.05) is 16.4 Å². The molecule has 2 heterocycles. The Balaban J connectivity index is 1.47. The Labute approximate surface area is 180 Å². The normalized spacial score (nSPS) is 21.1. The van der Waals surface area contributed by atoms with Gasteiger partial charge in [0.05, 0.1) is 0 Å². The Hall–Kier alpha value is -1.97. The van der Waals surface area contributed by atoms with E-state index >= 15 is 0 Å². The van der Waals surface area contributed by atoms with E-state index < -0.39 is 10.4 Å². The molecule has 0 aromatic heterocycles. The number of nitrogens with one attached hydrogen (secondary N) is 1. The zero-order valence-electron chi connectivity index (χ0n) is 18.0. The van der Waals surface area contributed by atoms with Crippen LogP contribution in [0, 0.1) is 0 Å². The second-order valence-corrected chi connectivity index (χ2v) is 10.4. The zero-order chi connectivity index (χ0) is 21.9. The van der Waals surface area contributed by atoms with Gasteiger partial charge in [-0.2, -0.15) is 4.55 Å². The molecule has 3 rings (SSSR count). The number of carbonyl (C=O) groups excluding carboxylic acids is 2. The Kier molecular flexibility index (Phi) is 7.15. The van der Waals surface area contributed by atoms with Gasteiger partial charge < -0.3 is 15.1 Å². The molecule has 0 saturated carbocycles. The smallest absolute Gasteiger partial charge is 0.317 e. The van der Waals surface area contributed by atoms with E-state index in [-0.39, 0.29) is 23.9 Å². The van der Waals surface area contributed by atoms with E-state index in [9.17, 15) is 18.4 Å². The number of rotatable bonds is 5. The number of carbonyl (C=O) groups is 2. The van der Waals surface area contributed by atoms with E-state index in [1.165, 1.54) is 6.26 Å². The van der Waals surface area contributed by atoms with E-state index in [4.69, 9.17) is 0 Å². The van der Waals surface area contributed by atoms with E-state index in [2.05, 4.69) is 10.2 Å². The lowest BCUT2D eigenvalue weighted by Crippen LogP contribution is -2.53. The van der Waals surface area contributed by atoms with Crippen molar-refractivity contribution < 1.29 is 18.4 Å². The minimum Gasteiger partial charge on any atom is -0.371 e. The van der Waals surface area contributed by atoms with Gasteiger partial charge in [0.2, 0.25) is 0 Å². The molecule has 2 aliphatic heterocycles. The van der Waals surface area contributed by atoms with Gasteiger partial charge in [0.25, 0.3) is 10.4 Å². The minimum absolute atomic E-state index is 0.0631. The van der Waals surface area contributed by atoms with Crippen LogP contribution in [0.5, 0.6) is 0 Å². The molecule has 0 aliphatic carbocycles. The number of hydrogen-bond acceptors (Lipinski definition) is 4. The highest BCUT2D eigenvalue weighted by atomic mass is 32.3. The predicted molar refractivity (Wildman–Crippen MR) is 119 cm³/mol. The number of amides is 2. The number of benzene rings is 1. The first-order valence-corrected chi connectivity index (χ1v) is 12.4. The molecule has 9 heteroatoms. The number of hydrogen-bond donors (Lipinski definition) is 2. The van der Waals surface area contributed by atoms with Gasteiger partial charge in [0.15, 0.2) is 12.0 Å². The molecule has 1 unspecified atom stereocenters. The molecule has 0 spiro atoms. The SMILES string of the molecule is CC(=O)c1cccc(N2CCC(NC(=O)N(C)C3CCN([S+](C)(=O)O)CC3)CC2)c1. The van der Waals surface area contributed by atoms with Crippen LogP contribution in [0.25, 0.3) is 0 Å². The van der Waals surface area contributed by atoms with Gasteiger partial charge in [-0.25, -0.2) is 4.79 Å². The summed E-state index contributed by atoms with van der Waals surface area (Å²) in [5.74, 6) is 0.0631. The summed E-state index contributed by atoms with van der Waals surface area (Å²) in [5.41, 5.74) is 1.77. The molecule has 30 heavy (non-hydrogen) atoms. The number of nitrogens with zero attached hydrogens (tertiary/aromatic N) is 3. The van der Waals surface area contributed by atoms with Crippen molar-refractivity contribution in [2.75, 3.05) is 44.4 Å². The maximum atomic E-state index is 12.7. The van der Waals surface area contributed by atoms with Gasteiger partial charge in [0.1, 0.15) is 0 Å². The van der Waals surface area contributed by atoms with Crippen LogP contribution in [0.1, 0.15) is 43.0 Å². The lowest BCUT2D eigenvalue weighted by Gasteiger charge is -2.37. The van der Waals surface area contributed by atoms with Crippen molar-refractivity contribution in [2.24, 2.45) is 0 Å². The standard InChI is InChI=1S/C21H32N4O4S/c1-16(26)17-5-4-6-20(15-17)24-11-7-18(8-12-24)22-21(27)23(2)19-9-13-25(14-10-19)30(3,28)29/h4-6,15,18-19H,7-14H2,1-3H3,(H-,22,27,28,29)/p+1. The summed E-state index contributed by atoms with van der Waals surface area (Å²) in [7, 11) is -1.11. The van der Waals surface area contributed by atoms with Crippen LogP contribution < -0.4 is 10.2 Å². The summed E-state index contributed by atoms with van der Waals surface area (Å²) < 4.78 is 23.0. The fraction of sp³-hybridized carbons (Fsp3) is 0.619. The highest BCUT2D eigenvalue weighted by Crippen LogP contribution is 2.23. The number of Topliss-reactive ketones (excluding diaryl/α,β-unsaturated/α-hetero) is 1. The Bertz CT molecular complexity index is 811. The van der Waals surface area contributed by atoms with Gasteiger partial charge >= 0.3 is 6.03 Å². The molecule has 8 nitrogen and oxygen atoms in total. The first-order valence-electron chi connectivity index (χ1n) is 10.5. The fourth-order valence-electron chi connectivity index (χ4n) is 4.21. The van der Waals surface area contributed by atoms with Crippen LogP contribution >= 0.6 is 0 Å². The second-order valence-electron chi connectivity index (χ2n) is 8.35. The van der Waals surface area contributed by atoms with Crippen molar-refractivity contribution in [1.82, 2.24) is 14.5 Å². The number of piperidine rings is 2. The van der Waals surface area contributed by atoms with Gasteiger partial charge in [-0.05, 0) is 48.9 Å². The molecule has 0 bridgehead atoms. The lowest BCUT2D eigenvalue weighted by molar-refractivity contribution is 0.101. The summed E-state index contributed by atoms with van der Waals surface area (Å²) in [6.07, 6.45) is 4.43. The fourth-order valence-corrected chi connectivity index (χ4v) is 5.10. The van der Waals surface area contributed by atoms with Gasteiger partial charge in [0, 0.05) is 56.6 Å². The predicted octanol–water partition coefficient (Wildman–Crippen LogP) is 2.48. The zero-order valence-corrected chi connectivity index (χ0v) is 18.9. The summed E-state index contributed by atoms with van der Waals surface area (Å²) in [6.45, 7) is 4.27. The number of ketones is 1. The molecule has 166 valence electrons. The third kappa shape index (κ3) is 5.59. The van der Waals surface area contributed by atoms with E-state index in [0.29, 0.717) is 25.9 Å². The molecule has 2 fully saturated rings. The van der Waals surface area contributed by atoms with Crippen molar-refractivity contribution >= 4 is 27.9 Å². The van der Waals surface area contributed by atoms with Crippen LogP contribution in [-0.4, -0.2) is 77.1 Å². The van der Waals surface area contributed by atoms with Crippen molar-refractivity contribution in [3.63, 3.8) is 0 Å². The average Bonchev–Trinajstić information content (AvgIpc) is 2.73. The summed E-state index contributed by atoms with van der Waals surface area (Å²) >= 11 is 0. The van der Waals surface area contributed by atoms with Crippen molar-refractivity contribution in [3.8, 4) is 0 Å². The molecule has 2 saturated heterocycles. The third-order valence-electron chi connectivity index (χ3n) is 6.21. The maximum Gasteiger partial charge on any atom is 0.317 e. The quantitative estimate of drug-likeness (QED) is 0.545. The first-order chi connectivity index (χ1) is 14.1. The largest absolute Gasteiger partial charge is 0.371 e. The van der Waals surface area contributed by atoms with Crippen LogP contribution in [0.15, 0.2) is 24.3 Å². The molecule has 2 N–H and O–H groups in total. The minimum atomic E-state index is -2.91. The molecule has 0 radical (unpaired) electrons. The molecule has 2 aliphatic rings. The lowest BCUT2D eigenvalue weighted by atomic mass is 10.0. The third-order valence-corrected chi connectivity index (χ3v) is 7.53. The topological polar surface area (TPSA) is 93.2 Å². The van der Waals surface area contributed by atoms with Crippen molar-refractivity contribution in [2.45, 2.75) is 44.7 Å². The summed E-state index contributed by atoms with van der Waals surface area (Å²) in [5, 5.41) is 3.15. The Morgan fingerprint density at radius 3 is 2.33 bits per heavy atom. The van der Waals surface area contributed by atoms with E-state index in [0.717, 1.165) is 37.2 Å². The molecule has 1 aromatic rings. The van der Waals surface area contributed by atoms with Crippen LogP contribution in [0.2, 0.25) is 0 Å². The van der Waals surface area contributed by atoms with Crippen LogP contribution in [-0.2, 0) is 14.6 Å². The molecule has 2 amide bonds. The van der Waals surface area contributed by atoms with E-state index in [1.807, 2.05) is 24.3 Å². The average molecular weight is 438 g/mol. The maximum absolute atomic E-state index is 12.7. The van der Waals surface area contributed by atoms with Crippen molar-refractivity contribution in [1.29, 1.82) is 0 Å². The first kappa shape index (κ1) is 22.7. The monoisotopic (exact) mass is 437 g/mol. The summed E-state index contributed by atoms with van der Waals surface area (Å²) in [6, 6.07) is 7.82. The summed E-state index contributed by atoms with van der Waals surface area (Å²) in [4.78, 5) is 28.3. The van der Waals surface area contributed by atoms with Crippen molar-refractivity contribution in [3.05, 3.63) is 29.8 Å². The van der Waals surface area contributed by atoms with E-state index in [1.54, 1.807) is 23.2 Å². The molecule has 1 aromatic carbocycles. The Morgan fingerprint density at radius 1 is 1.13 bits per heavy atom. The number of anilines is 1. The molecular weight excluding hydrogens is 404 g/mol. The number of urea groups is 1. The van der Waals surface area contributed by atoms with Crippen LogP contribution in [0.4, 0.5) is 10.5 Å².